The quantitative estimate of drug-likeness (QED) is 0.846. The molecular weight excluding hydrogens is 270 g/mol. The van der Waals surface area contributed by atoms with Crippen molar-refractivity contribution >= 4 is 17.7 Å². The van der Waals surface area contributed by atoms with Crippen molar-refractivity contribution in [2.45, 2.75) is 31.0 Å². The molecule has 0 unspecified atom stereocenters. The van der Waals surface area contributed by atoms with Gasteiger partial charge in [-0.1, -0.05) is 36.8 Å². The predicted molar refractivity (Wildman–Crippen MR) is 81.3 cm³/mol. The van der Waals surface area contributed by atoms with E-state index in [0.717, 1.165) is 22.9 Å². The molecule has 1 aromatic carbocycles. The normalized spacial score (nSPS) is 10.5. The molecular formula is C16H17NO2S. The Morgan fingerprint density at radius 2 is 2.10 bits per heavy atom. The van der Waals surface area contributed by atoms with Crippen molar-refractivity contribution in [3.05, 3.63) is 58.8 Å². The highest BCUT2D eigenvalue weighted by Crippen LogP contribution is 2.23. The molecule has 104 valence electrons. The summed E-state index contributed by atoms with van der Waals surface area (Å²) >= 11 is 1.57. The molecule has 0 atom stereocenters. The molecule has 0 fully saturated rings. The third kappa shape index (κ3) is 3.84. The van der Waals surface area contributed by atoms with Gasteiger partial charge in [0, 0.05) is 11.4 Å². The maximum Gasteiger partial charge on any atom is 0.335 e. The average Bonchev–Trinajstić information content (AvgIpc) is 2.45. The summed E-state index contributed by atoms with van der Waals surface area (Å²) in [7, 11) is 0. The van der Waals surface area contributed by atoms with Crippen molar-refractivity contribution in [2.75, 3.05) is 0 Å². The summed E-state index contributed by atoms with van der Waals surface area (Å²) in [5.74, 6) is -0.111. The number of aromatic carboxylic acids is 1. The Labute approximate surface area is 123 Å². The lowest BCUT2D eigenvalue weighted by Gasteiger charge is -2.06. The molecule has 2 aromatic rings. The minimum Gasteiger partial charge on any atom is -0.478 e. The first-order valence-electron chi connectivity index (χ1n) is 6.51. The summed E-state index contributed by atoms with van der Waals surface area (Å²) in [6, 6.07) is 11.6. The van der Waals surface area contributed by atoms with Crippen LogP contribution >= 0.6 is 11.8 Å². The average molecular weight is 287 g/mol. The molecule has 2 rings (SSSR count). The fourth-order valence-electron chi connectivity index (χ4n) is 1.90. The van der Waals surface area contributed by atoms with Crippen molar-refractivity contribution < 1.29 is 9.90 Å². The Kier molecular flexibility index (Phi) is 4.79. The SMILES string of the molecule is CCc1cc(C(=O)O)cc(SCc2cccc(C)c2)n1. The predicted octanol–water partition coefficient (Wildman–Crippen LogP) is 3.94. The van der Waals surface area contributed by atoms with E-state index in [1.165, 1.54) is 11.1 Å². The highest BCUT2D eigenvalue weighted by atomic mass is 32.2. The zero-order valence-corrected chi connectivity index (χ0v) is 12.4. The fourth-order valence-corrected chi connectivity index (χ4v) is 2.78. The van der Waals surface area contributed by atoms with Crippen molar-refractivity contribution in [3.8, 4) is 0 Å². The van der Waals surface area contributed by atoms with Gasteiger partial charge in [-0.3, -0.25) is 0 Å². The van der Waals surface area contributed by atoms with E-state index in [-0.39, 0.29) is 0 Å². The van der Waals surface area contributed by atoms with Gasteiger partial charge >= 0.3 is 5.97 Å². The molecule has 0 bridgehead atoms. The molecule has 0 saturated heterocycles. The third-order valence-corrected chi connectivity index (χ3v) is 3.92. The molecule has 1 heterocycles. The smallest absolute Gasteiger partial charge is 0.335 e. The van der Waals surface area contributed by atoms with Crippen molar-refractivity contribution in [3.63, 3.8) is 0 Å². The summed E-state index contributed by atoms with van der Waals surface area (Å²) < 4.78 is 0. The van der Waals surface area contributed by atoms with Crippen LogP contribution in [0.5, 0.6) is 0 Å². The van der Waals surface area contributed by atoms with Gasteiger partial charge in [0.05, 0.1) is 10.6 Å². The summed E-state index contributed by atoms with van der Waals surface area (Å²) in [5.41, 5.74) is 3.57. The van der Waals surface area contributed by atoms with Gasteiger partial charge in [-0.2, -0.15) is 0 Å². The Balaban J connectivity index is 2.16. The molecule has 0 radical (unpaired) electrons. The summed E-state index contributed by atoms with van der Waals surface area (Å²) in [4.78, 5) is 15.6. The van der Waals surface area contributed by atoms with Gasteiger partial charge in [0.2, 0.25) is 0 Å². The number of pyridine rings is 1. The Bertz CT molecular complexity index is 626. The zero-order valence-electron chi connectivity index (χ0n) is 11.6. The number of aromatic nitrogens is 1. The molecule has 1 N–H and O–H groups in total. The molecule has 0 aliphatic heterocycles. The maximum absolute atomic E-state index is 11.1. The first-order chi connectivity index (χ1) is 9.58. The molecule has 3 nitrogen and oxygen atoms in total. The standard InChI is InChI=1S/C16H17NO2S/c1-3-14-8-13(16(18)19)9-15(17-14)20-10-12-6-4-5-11(2)7-12/h4-9H,3,10H2,1-2H3,(H,18,19). The van der Waals surface area contributed by atoms with Crippen LogP contribution in [0.2, 0.25) is 0 Å². The van der Waals surface area contributed by atoms with E-state index in [0.29, 0.717) is 5.56 Å². The van der Waals surface area contributed by atoms with Crippen LogP contribution in [0.3, 0.4) is 0 Å². The topological polar surface area (TPSA) is 50.2 Å². The highest BCUT2D eigenvalue weighted by molar-refractivity contribution is 7.98. The van der Waals surface area contributed by atoms with E-state index in [9.17, 15) is 4.79 Å². The van der Waals surface area contributed by atoms with Crippen molar-refractivity contribution in [1.82, 2.24) is 4.98 Å². The van der Waals surface area contributed by atoms with E-state index in [1.54, 1.807) is 23.9 Å². The van der Waals surface area contributed by atoms with E-state index in [1.807, 2.05) is 13.0 Å². The Morgan fingerprint density at radius 1 is 1.30 bits per heavy atom. The van der Waals surface area contributed by atoms with E-state index >= 15 is 0 Å². The summed E-state index contributed by atoms with van der Waals surface area (Å²) in [6.45, 7) is 4.04. The van der Waals surface area contributed by atoms with Gasteiger partial charge in [-0.05, 0) is 31.0 Å². The lowest BCUT2D eigenvalue weighted by atomic mass is 10.2. The maximum atomic E-state index is 11.1. The van der Waals surface area contributed by atoms with Crippen LogP contribution in [-0.4, -0.2) is 16.1 Å². The molecule has 20 heavy (non-hydrogen) atoms. The number of nitrogens with zero attached hydrogens (tertiary/aromatic N) is 1. The van der Waals surface area contributed by atoms with Gasteiger partial charge in [0.25, 0.3) is 0 Å². The molecule has 1 aromatic heterocycles. The lowest BCUT2D eigenvalue weighted by Crippen LogP contribution is -2.00. The van der Waals surface area contributed by atoms with Crippen LogP contribution in [0, 0.1) is 6.92 Å². The Hall–Kier alpha value is -1.81. The molecule has 0 aliphatic carbocycles. The van der Waals surface area contributed by atoms with Gasteiger partial charge < -0.3 is 5.11 Å². The van der Waals surface area contributed by atoms with Gasteiger partial charge in [-0.25, -0.2) is 9.78 Å². The van der Waals surface area contributed by atoms with Gasteiger partial charge in [0.15, 0.2) is 0 Å². The van der Waals surface area contributed by atoms with Crippen molar-refractivity contribution in [1.29, 1.82) is 0 Å². The largest absolute Gasteiger partial charge is 0.478 e. The van der Waals surface area contributed by atoms with Crippen LogP contribution in [0.25, 0.3) is 0 Å². The third-order valence-electron chi connectivity index (χ3n) is 2.93. The number of hydrogen-bond donors (Lipinski definition) is 1. The minimum absolute atomic E-state index is 0.309. The molecule has 0 spiro atoms. The van der Waals surface area contributed by atoms with Crippen LogP contribution < -0.4 is 0 Å². The van der Waals surface area contributed by atoms with E-state index in [2.05, 4.69) is 30.1 Å². The van der Waals surface area contributed by atoms with E-state index in [4.69, 9.17) is 5.11 Å². The number of benzene rings is 1. The number of rotatable bonds is 5. The highest BCUT2D eigenvalue weighted by Gasteiger charge is 2.08. The Morgan fingerprint density at radius 3 is 2.75 bits per heavy atom. The second-order valence-corrected chi connectivity index (χ2v) is 5.62. The van der Waals surface area contributed by atoms with Crippen molar-refractivity contribution in [2.24, 2.45) is 0 Å². The molecule has 0 amide bonds. The zero-order chi connectivity index (χ0) is 14.5. The number of carbonyl (C=O) groups is 1. The number of thioether (sulfide) groups is 1. The lowest BCUT2D eigenvalue weighted by molar-refractivity contribution is 0.0696. The second-order valence-electron chi connectivity index (χ2n) is 4.62. The monoisotopic (exact) mass is 287 g/mol. The number of hydrogen-bond acceptors (Lipinski definition) is 3. The van der Waals surface area contributed by atoms with Gasteiger partial charge in [0.1, 0.15) is 0 Å². The molecule has 0 saturated carbocycles. The van der Waals surface area contributed by atoms with Crippen LogP contribution in [0.1, 0.15) is 34.1 Å². The fraction of sp³-hybridized carbons (Fsp3) is 0.250. The molecule has 0 aliphatic rings. The number of aryl methyl sites for hydroxylation is 2. The first-order valence-corrected chi connectivity index (χ1v) is 7.49. The van der Waals surface area contributed by atoms with E-state index < -0.39 is 5.97 Å². The number of carboxylic acids is 1. The van der Waals surface area contributed by atoms with Gasteiger partial charge in [-0.15, -0.1) is 11.8 Å². The minimum atomic E-state index is -0.903. The van der Waals surface area contributed by atoms with Crippen LogP contribution in [0.15, 0.2) is 41.4 Å². The molecule has 4 heteroatoms. The van der Waals surface area contributed by atoms with Crippen LogP contribution in [-0.2, 0) is 12.2 Å². The first kappa shape index (κ1) is 14.6. The summed E-state index contributed by atoms with van der Waals surface area (Å²) in [6.07, 6.45) is 0.735. The van der Waals surface area contributed by atoms with Crippen LogP contribution in [0.4, 0.5) is 0 Å². The number of carboxylic acid groups (broad SMARTS) is 1. The summed E-state index contributed by atoms with van der Waals surface area (Å²) in [5, 5.41) is 9.88. The second kappa shape index (κ2) is 6.57.